The molecule has 7 heteroatoms. The molecule has 0 bridgehead atoms. The van der Waals surface area contributed by atoms with Crippen LogP contribution in [0.25, 0.3) is 10.6 Å². The first-order valence-electron chi connectivity index (χ1n) is 7.27. The van der Waals surface area contributed by atoms with E-state index in [1.54, 1.807) is 28.7 Å². The van der Waals surface area contributed by atoms with Gasteiger partial charge in [0.15, 0.2) is 0 Å². The lowest BCUT2D eigenvalue weighted by molar-refractivity contribution is 0.0950. The molecule has 0 fully saturated rings. The van der Waals surface area contributed by atoms with E-state index in [-0.39, 0.29) is 5.56 Å². The molecule has 3 aromatic rings. The number of aryl methyl sites for hydroxylation is 1. The van der Waals surface area contributed by atoms with Gasteiger partial charge in [0, 0.05) is 21.3 Å². The van der Waals surface area contributed by atoms with Gasteiger partial charge in [0.2, 0.25) is 0 Å². The number of nitrogens with zero attached hydrogens (tertiary/aromatic N) is 1. The zero-order chi connectivity index (χ0) is 17.1. The number of thiophene rings is 1. The number of amides is 1. The van der Waals surface area contributed by atoms with Crippen LogP contribution in [0.5, 0.6) is 0 Å². The van der Waals surface area contributed by atoms with Crippen molar-refractivity contribution in [1.82, 2.24) is 10.3 Å². The van der Waals surface area contributed by atoms with Crippen LogP contribution in [0.2, 0.25) is 0 Å². The molecule has 0 saturated carbocycles. The van der Waals surface area contributed by atoms with Crippen LogP contribution < -0.4 is 5.32 Å². The highest BCUT2D eigenvalue weighted by Crippen LogP contribution is 2.29. The molecule has 3 nitrogen and oxygen atoms in total. The molecular formula is C17H14BrFN2OS2. The molecule has 2 aromatic heterocycles. The van der Waals surface area contributed by atoms with Crippen molar-refractivity contribution in [3.05, 3.63) is 61.5 Å². The molecule has 2 heterocycles. The standard InChI is InChI=1S/C17H14BrFN2OS2/c1-10-21-15(9-23-10)16-5-3-12(24-16)6-7-20-17(22)13-4-2-11(18)8-14(13)19/h2-5,8-9H,6-7H2,1H3,(H,20,22). The lowest BCUT2D eigenvalue weighted by Gasteiger charge is -2.05. The molecule has 24 heavy (non-hydrogen) atoms. The summed E-state index contributed by atoms with van der Waals surface area (Å²) in [5.74, 6) is -0.925. The molecule has 1 aromatic carbocycles. The molecule has 0 spiro atoms. The van der Waals surface area contributed by atoms with Gasteiger partial charge in [0.1, 0.15) is 5.82 Å². The summed E-state index contributed by atoms with van der Waals surface area (Å²) in [5, 5.41) is 5.85. The quantitative estimate of drug-likeness (QED) is 0.622. The number of thiazole rings is 1. The van der Waals surface area contributed by atoms with Crippen molar-refractivity contribution < 1.29 is 9.18 Å². The molecule has 3 rings (SSSR count). The Labute approximate surface area is 155 Å². The fourth-order valence-corrected chi connectivity index (χ4v) is 4.18. The molecule has 0 radical (unpaired) electrons. The highest BCUT2D eigenvalue weighted by Gasteiger charge is 2.12. The zero-order valence-corrected chi connectivity index (χ0v) is 16.0. The molecule has 1 N–H and O–H groups in total. The number of rotatable bonds is 5. The van der Waals surface area contributed by atoms with Crippen LogP contribution in [0.4, 0.5) is 4.39 Å². The largest absolute Gasteiger partial charge is 0.352 e. The van der Waals surface area contributed by atoms with Crippen molar-refractivity contribution >= 4 is 44.5 Å². The van der Waals surface area contributed by atoms with Gasteiger partial charge in [-0.1, -0.05) is 15.9 Å². The van der Waals surface area contributed by atoms with Crippen LogP contribution in [0, 0.1) is 12.7 Å². The number of aromatic nitrogens is 1. The van der Waals surface area contributed by atoms with Crippen LogP contribution in [-0.4, -0.2) is 17.4 Å². The van der Waals surface area contributed by atoms with Crippen molar-refractivity contribution in [3.8, 4) is 10.6 Å². The summed E-state index contributed by atoms with van der Waals surface area (Å²) in [4.78, 5) is 18.8. The Kier molecular flexibility index (Phi) is 5.43. The van der Waals surface area contributed by atoms with E-state index in [9.17, 15) is 9.18 Å². The van der Waals surface area contributed by atoms with Crippen molar-refractivity contribution in [2.75, 3.05) is 6.54 Å². The fourth-order valence-electron chi connectivity index (χ4n) is 2.19. The Morgan fingerprint density at radius 1 is 1.33 bits per heavy atom. The van der Waals surface area contributed by atoms with E-state index in [2.05, 4.69) is 26.2 Å². The van der Waals surface area contributed by atoms with Crippen LogP contribution in [0.3, 0.4) is 0 Å². The smallest absolute Gasteiger partial charge is 0.254 e. The summed E-state index contributed by atoms with van der Waals surface area (Å²) < 4.78 is 14.4. The average Bonchev–Trinajstić information content (AvgIpc) is 3.16. The van der Waals surface area contributed by atoms with E-state index < -0.39 is 11.7 Å². The van der Waals surface area contributed by atoms with Crippen molar-refractivity contribution in [2.45, 2.75) is 13.3 Å². The number of hydrogen-bond donors (Lipinski definition) is 1. The Morgan fingerprint density at radius 3 is 2.88 bits per heavy atom. The van der Waals surface area contributed by atoms with Crippen molar-refractivity contribution in [3.63, 3.8) is 0 Å². The Balaban J connectivity index is 1.57. The summed E-state index contributed by atoms with van der Waals surface area (Å²) in [6.07, 6.45) is 0.706. The lowest BCUT2D eigenvalue weighted by atomic mass is 10.2. The minimum Gasteiger partial charge on any atom is -0.352 e. The molecule has 0 atom stereocenters. The fraction of sp³-hybridized carbons (Fsp3) is 0.176. The molecular weight excluding hydrogens is 411 g/mol. The van der Waals surface area contributed by atoms with E-state index in [0.717, 1.165) is 20.5 Å². The van der Waals surface area contributed by atoms with Crippen LogP contribution in [0.1, 0.15) is 20.2 Å². The maximum atomic E-state index is 13.7. The maximum Gasteiger partial charge on any atom is 0.254 e. The number of hydrogen-bond acceptors (Lipinski definition) is 4. The molecule has 0 unspecified atom stereocenters. The van der Waals surface area contributed by atoms with Crippen LogP contribution >= 0.6 is 38.6 Å². The first kappa shape index (κ1) is 17.3. The van der Waals surface area contributed by atoms with Gasteiger partial charge in [0.05, 0.1) is 21.1 Å². The molecule has 0 aliphatic carbocycles. The lowest BCUT2D eigenvalue weighted by Crippen LogP contribution is -2.26. The minimum absolute atomic E-state index is 0.0583. The van der Waals surface area contributed by atoms with Gasteiger partial charge in [-0.2, -0.15) is 0 Å². The zero-order valence-electron chi connectivity index (χ0n) is 12.8. The Morgan fingerprint density at radius 2 is 2.17 bits per heavy atom. The number of carbonyl (C=O) groups excluding carboxylic acids is 1. The third-order valence-electron chi connectivity index (χ3n) is 3.37. The van der Waals surface area contributed by atoms with Crippen LogP contribution in [-0.2, 0) is 6.42 Å². The van der Waals surface area contributed by atoms with Gasteiger partial charge in [-0.05, 0) is 43.7 Å². The maximum absolute atomic E-state index is 13.7. The van der Waals surface area contributed by atoms with Gasteiger partial charge >= 0.3 is 0 Å². The molecule has 124 valence electrons. The van der Waals surface area contributed by atoms with Crippen LogP contribution in [0.15, 0.2) is 40.2 Å². The Hall–Kier alpha value is -1.57. The normalized spacial score (nSPS) is 10.8. The second kappa shape index (κ2) is 7.55. The van der Waals surface area contributed by atoms with E-state index in [0.29, 0.717) is 17.4 Å². The first-order valence-corrected chi connectivity index (χ1v) is 9.76. The van der Waals surface area contributed by atoms with Gasteiger partial charge in [0.25, 0.3) is 5.91 Å². The summed E-state index contributed by atoms with van der Waals surface area (Å²) in [5.41, 5.74) is 1.05. The number of carbonyl (C=O) groups is 1. The summed E-state index contributed by atoms with van der Waals surface area (Å²) in [7, 11) is 0. The number of halogens is 2. The second-order valence-corrected chi connectivity index (χ2v) is 8.29. The second-order valence-electron chi connectivity index (χ2n) is 5.15. The third-order valence-corrected chi connectivity index (χ3v) is 5.80. The minimum atomic E-state index is -0.529. The van der Waals surface area contributed by atoms with Gasteiger partial charge < -0.3 is 5.32 Å². The molecule has 0 aliphatic rings. The van der Waals surface area contributed by atoms with Crippen molar-refractivity contribution in [1.29, 1.82) is 0 Å². The number of nitrogens with one attached hydrogen (secondary N) is 1. The first-order chi connectivity index (χ1) is 11.5. The van der Waals surface area contributed by atoms with E-state index in [1.807, 2.05) is 24.4 Å². The highest BCUT2D eigenvalue weighted by atomic mass is 79.9. The molecule has 1 amide bonds. The third kappa shape index (κ3) is 4.09. The van der Waals surface area contributed by atoms with Gasteiger partial charge in [-0.25, -0.2) is 9.37 Å². The van der Waals surface area contributed by atoms with Gasteiger partial charge in [-0.15, -0.1) is 22.7 Å². The predicted molar refractivity (Wildman–Crippen MR) is 100 cm³/mol. The molecule has 0 saturated heterocycles. The van der Waals surface area contributed by atoms with E-state index in [1.165, 1.54) is 12.1 Å². The predicted octanol–water partition coefficient (Wildman–Crippen LogP) is 5.05. The average molecular weight is 425 g/mol. The number of benzene rings is 1. The van der Waals surface area contributed by atoms with Crippen molar-refractivity contribution in [2.24, 2.45) is 0 Å². The summed E-state index contributed by atoms with van der Waals surface area (Å²) >= 11 is 6.47. The topological polar surface area (TPSA) is 42.0 Å². The monoisotopic (exact) mass is 424 g/mol. The van der Waals surface area contributed by atoms with E-state index >= 15 is 0 Å². The van der Waals surface area contributed by atoms with E-state index in [4.69, 9.17) is 0 Å². The summed E-state index contributed by atoms with van der Waals surface area (Å²) in [6.45, 7) is 2.45. The SMILES string of the molecule is Cc1nc(-c2ccc(CCNC(=O)c3ccc(Br)cc3F)s2)cs1. The molecule has 0 aliphatic heterocycles. The Bertz CT molecular complexity index is 875. The summed E-state index contributed by atoms with van der Waals surface area (Å²) in [6, 6.07) is 8.50. The highest BCUT2D eigenvalue weighted by molar-refractivity contribution is 9.10. The van der Waals surface area contributed by atoms with Gasteiger partial charge in [-0.3, -0.25) is 4.79 Å².